The van der Waals surface area contributed by atoms with Crippen LogP contribution in [0.4, 0.5) is 0 Å². The van der Waals surface area contributed by atoms with Gasteiger partial charge in [-0.05, 0) is 39.0 Å². The Bertz CT molecular complexity index is 572. The van der Waals surface area contributed by atoms with Gasteiger partial charge >= 0.3 is 0 Å². The number of ether oxygens (including phenoxy) is 1. The van der Waals surface area contributed by atoms with Crippen molar-refractivity contribution in [3.8, 4) is 0 Å². The first kappa shape index (κ1) is 21.2. The van der Waals surface area contributed by atoms with Crippen LogP contribution in [-0.2, 0) is 11.2 Å². The van der Waals surface area contributed by atoms with Gasteiger partial charge in [0, 0.05) is 43.5 Å². The summed E-state index contributed by atoms with van der Waals surface area (Å²) in [6, 6.07) is 0. The van der Waals surface area contributed by atoms with Crippen molar-refractivity contribution in [2.24, 2.45) is 16.3 Å². The molecule has 2 N–H and O–H groups in total. The van der Waals surface area contributed by atoms with E-state index < -0.39 is 0 Å². The van der Waals surface area contributed by atoms with Gasteiger partial charge < -0.3 is 15.4 Å². The molecule has 0 aliphatic carbocycles. The molecule has 0 spiro atoms. The van der Waals surface area contributed by atoms with Gasteiger partial charge in [0.2, 0.25) is 0 Å². The lowest BCUT2D eigenvalue weighted by molar-refractivity contribution is -0.0823. The molecule has 2 rings (SSSR count). The van der Waals surface area contributed by atoms with Crippen LogP contribution in [0.2, 0.25) is 0 Å². The van der Waals surface area contributed by atoms with Crippen LogP contribution in [0.15, 0.2) is 4.99 Å². The fourth-order valence-corrected chi connectivity index (χ4v) is 4.41. The normalized spacial score (nSPS) is 21.7. The summed E-state index contributed by atoms with van der Waals surface area (Å²) in [5, 5.41) is 8.01. The van der Waals surface area contributed by atoms with E-state index in [1.54, 1.807) is 11.3 Å². The van der Waals surface area contributed by atoms with Crippen molar-refractivity contribution in [2.45, 2.75) is 66.9 Å². The molecular formula is C20H36N4OS. The summed E-state index contributed by atoms with van der Waals surface area (Å²) in [4.78, 5) is 10.8. The van der Waals surface area contributed by atoms with E-state index in [0.717, 1.165) is 50.7 Å². The standard InChI is InChI=1S/C20H36N4OS/c1-7-21-19(22-11-10-17-24-14(2)15(3)26-17)23-13-16-9-8-12-25-18(16)20(4,5)6/h16,18H,7-13H2,1-6H3,(H2,21,22,23). The predicted molar refractivity (Wildman–Crippen MR) is 111 cm³/mol. The van der Waals surface area contributed by atoms with Crippen LogP contribution in [0, 0.1) is 25.2 Å². The largest absolute Gasteiger partial charge is 0.377 e. The van der Waals surface area contributed by atoms with Gasteiger partial charge in [-0.25, -0.2) is 4.98 Å². The highest BCUT2D eigenvalue weighted by atomic mass is 32.1. The number of rotatable bonds is 6. The monoisotopic (exact) mass is 380 g/mol. The number of aromatic nitrogens is 1. The second-order valence-electron chi connectivity index (χ2n) is 8.21. The molecule has 1 fully saturated rings. The molecule has 0 bridgehead atoms. The lowest BCUT2D eigenvalue weighted by Gasteiger charge is -2.39. The first-order valence-electron chi connectivity index (χ1n) is 9.88. The molecule has 26 heavy (non-hydrogen) atoms. The van der Waals surface area contributed by atoms with E-state index in [0.29, 0.717) is 5.92 Å². The third kappa shape index (κ3) is 6.23. The second-order valence-corrected chi connectivity index (χ2v) is 9.49. The van der Waals surface area contributed by atoms with Gasteiger partial charge in [-0.15, -0.1) is 11.3 Å². The molecule has 5 nitrogen and oxygen atoms in total. The Balaban J connectivity index is 1.90. The van der Waals surface area contributed by atoms with Gasteiger partial charge in [0.15, 0.2) is 5.96 Å². The van der Waals surface area contributed by atoms with Crippen molar-refractivity contribution < 1.29 is 4.74 Å². The van der Waals surface area contributed by atoms with Crippen LogP contribution in [0.1, 0.15) is 56.1 Å². The average Bonchev–Trinajstić information content (AvgIpc) is 2.90. The molecule has 1 aliphatic heterocycles. The van der Waals surface area contributed by atoms with Crippen molar-refractivity contribution in [1.82, 2.24) is 15.6 Å². The number of guanidine groups is 1. The van der Waals surface area contributed by atoms with E-state index in [2.05, 4.69) is 57.2 Å². The number of thiazole rings is 1. The Morgan fingerprint density at radius 1 is 1.31 bits per heavy atom. The molecule has 1 aromatic rings. The number of aliphatic imine (C=N–C) groups is 1. The predicted octanol–water partition coefficient (Wildman–Crippen LogP) is 3.70. The van der Waals surface area contributed by atoms with Gasteiger partial charge in [-0.1, -0.05) is 20.8 Å². The summed E-state index contributed by atoms with van der Waals surface area (Å²) >= 11 is 1.79. The van der Waals surface area contributed by atoms with E-state index in [4.69, 9.17) is 9.73 Å². The van der Waals surface area contributed by atoms with Crippen LogP contribution < -0.4 is 10.6 Å². The molecule has 0 amide bonds. The Morgan fingerprint density at radius 2 is 2.08 bits per heavy atom. The molecule has 1 aromatic heterocycles. The molecule has 2 unspecified atom stereocenters. The topological polar surface area (TPSA) is 58.5 Å². The Labute approximate surface area is 163 Å². The lowest BCUT2D eigenvalue weighted by atomic mass is 9.78. The van der Waals surface area contributed by atoms with Gasteiger partial charge in [0.05, 0.1) is 16.8 Å². The van der Waals surface area contributed by atoms with Crippen molar-refractivity contribution in [3.63, 3.8) is 0 Å². The van der Waals surface area contributed by atoms with Crippen LogP contribution in [0.3, 0.4) is 0 Å². The molecule has 1 saturated heterocycles. The zero-order valence-electron chi connectivity index (χ0n) is 17.3. The molecule has 6 heteroatoms. The zero-order chi connectivity index (χ0) is 19.2. The minimum Gasteiger partial charge on any atom is -0.377 e. The summed E-state index contributed by atoms with van der Waals surface area (Å²) < 4.78 is 6.08. The fraction of sp³-hybridized carbons (Fsp3) is 0.800. The molecule has 0 radical (unpaired) electrons. The van der Waals surface area contributed by atoms with E-state index >= 15 is 0 Å². The van der Waals surface area contributed by atoms with Crippen molar-refractivity contribution in [1.29, 1.82) is 0 Å². The summed E-state index contributed by atoms with van der Waals surface area (Å²) in [6.07, 6.45) is 3.55. The Kier molecular flexibility index (Phi) is 7.89. The highest BCUT2D eigenvalue weighted by molar-refractivity contribution is 7.11. The van der Waals surface area contributed by atoms with Crippen molar-refractivity contribution in [3.05, 3.63) is 15.6 Å². The minimum atomic E-state index is 0.160. The third-order valence-corrected chi connectivity index (χ3v) is 5.96. The molecule has 0 saturated carbocycles. The quantitative estimate of drug-likeness (QED) is 0.584. The summed E-state index contributed by atoms with van der Waals surface area (Å²) in [5.41, 5.74) is 1.31. The SMILES string of the molecule is CCNC(=NCC1CCCOC1C(C)(C)C)NCCc1nc(C)c(C)s1. The van der Waals surface area contributed by atoms with Crippen LogP contribution >= 0.6 is 11.3 Å². The summed E-state index contributed by atoms with van der Waals surface area (Å²) in [5.74, 6) is 1.39. The molecule has 1 aliphatic rings. The van der Waals surface area contributed by atoms with Crippen LogP contribution in [-0.4, -0.2) is 43.3 Å². The molecule has 0 aromatic carbocycles. The highest BCUT2D eigenvalue weighted by Crippen LogP contribution is 2.34. The van der Waals surface area contributed by atoms with Gasteiger partial charge in [-0.2, -0.15) is 0 Å². The molecule has 148 valence electrons. The van der Waals surface area contributed by atoms with Crippen molar-refractivity contribution >= 4 is 17.3 Å². The van der Waals surface area contributed by atoms with Crippen LogP contribution in [0.25, 0.3) is 0 Å². The highest BCUT2D eigenvalue weighted by Gasteiger charge is 2.35. The van der Waals surface area contributed by atoms with Gasteiger partial charge in [0.1, 0.15) is 0 Å². The number of hydrogen-bond acceptors (Lipinski definition) is 4. The lowest BCUT2D eigenvalue weighted by Crippen LogP contribution is -2.43. The second kappa shape index (κ2) is 9.70. The zero-order valence-corrected chi connectivity index (χ0v) is 18.1. The molecule has 2 heterocycles. The van der Waals surface area contributed by atoms with Crippen LogP contribution in [0.5, 0.6) is 0 Å². The minimum absolute atomic E-state index is 0.160. The average molecular weight is 381 g/mol. The van der Waals surface area contributed by atoms with E-state index in [1.165, 1.54) is 16.3 Å². The first-order chi connectivity index (χ1) is 12.3. The van der Waals surface area contributed by atoms with E-state index in [-0.39, 0.29) is 11.5 Å². The smallest absolute Gasteiger partial charge is 0.191 e. The molecular weight excluding hydrogens is 344 g/mol. The maximum atomic E-state index is 6.08. The Hall–Kier alpha value is -1.14. The maximum Gasteiger partial charge on any atom is 0.191 e. The van der Waals surface area contributed by atoms with Gasteiger partial charge in [0.25, 0.3) is 0 Å². The van der Waals surface area contributed by atoms with Crippen molar-refractivity contribution in [2.75, 3.05) is 26.2 Å². The number of hydrogen-bond donors (Lipinski definition) is 2. The summed E-state index contributed by atoms with van der Waals surface area (Å²) in [7, 11) is 0. The maximum absolute atomic E-state index is 6.08. The fourth-order valence-electron chi connectivity index (χ4n) is 3.47. The van der Waals surface area contributed by atoms with E-state index in [1.807, 2.05) is 0 Å². The Morgan fingerprint density at radius 3 is 2.69 bits per heavy atom. The third-order valence-electron chi connectivity index (χ3n) is 4.83. The number of nitrogens with zero attached hydrogens (tertiary/aromatic N) is 2. The summed E-state index contributed by atoms with van der Waals surface area (Å²) in [6.45, 7) is 16.5. The van der Waals surface area contributed by atoms with E-state index in [9.17, 15) is 0 Å². The first-order valence-corrected chi connectivity index (χ1v) is 10.7. The van der Waals surface area contributed by atoms with Gasteiger partial charge in [-0.3, -0.25) is 4.99 Å². The molecule has 2 atom stereocenters. The number of aryl methyl sites for hydroxylation is 2. The number of nitrogens with one attached hydrogen (secondary N) is 2.